The summed E-state index contributed by atoms with van der Waals surface area (Å²) >= 11 is 12.4. The minimum Gasteiger partial charge on any atom is -0.353 e. The molecule has 2 fully saturated rings. The molecule has 4 rings (SSSR count). The summed E-state index contributed by atoms with van der Waals surface area (Å²) in [5.74, 6) is 0.603. The Morgan fingerprint density at radius 3 is 2.53 bits per heavy atom. The molecule has 0 N–H and O–H groups in total. The van der Waals surface area contributed by atoms with Gasteiger partial charge in [-0.3, -0.25) is 14.6 Å². The molecule has 1 atom stereocenters. The number of rotatable bonds is 7. The van der Waals surface area contributed by atoms with Crippen molar-refractivity contribution in [2.24, 2.45) is 0 Å². The number of pyridine rings is 1. The number of hydrogen-bond acceptors (Lipinski definition) is 5. The lowest BCUT2D eigenvalue weighted by molar-refractivity contribution is 0.0607. The van der Waals surface area contributed by atoms with E-state index in [0.717, 1.165) is 57.8 Å². The second-order valence-electron chi connectivity index (χ2n) is 9.30. The summed E-state index contributed by atoms with van der Waals surface area (Å²) in [4.78, 5) is 23.8. The summed E-state index contributed by atoms with van der Waals surface area (Å²) in [5, 5.41) is 0.983. The molecule has 2 saturated heterocycles. The minimum atomic E-state index is -0.226. The smallest absolute Gasteiger partial charge is 0.164 e. The first-order chi connectivity index (χ1) is 16.4. The molecule has 2 aliphatic rings. The number of aromatic nitrogens is 1. The van der Waals surface area contributed by atoms with Gasteiger partial charge in [-0.15, -0.1) is 0 Å². The van der Waals surface area contributed by atoms with E-state index in [1.54, 1.807) is 24.4 Å². The highest BCUT2D eigenvalue weighted by Gasteiger charge is 2.34. The van der Waals surface area contributed by atoms with Crippen LogP contribution in [0.1, 0.15) is 55.5 Å². The van der Waals surface area contributed by atoms with Crippen LogP contribution in [0.25, 0.3) is 0 Å². The summed E-state index contributed by atoms with van der Waals surface area (Å²) in [6.45, 7) is 9.33. The highest BCUT2D eigenvalue weighted by molar-refractivity contribution is 6.33. The Labute approximate surface area is 211 Å². The van der Waals surface area contributed by atoms with Gasteiger partial charge in [0.2, 0.25) is 0 Å². The van der Waals surface area contributed by atoms with Gasteiger partial charge in [0.15, 0.2) is 5.78 Å². The van der Waals surface area contributed by atoms with E-state index >= 15 is 0 Å². The van der Waals surface area contributed by atoms with Crippen molar-refractivity contribution in [3.8, 4) is 0 Å². The van der Waals surface area contributed by atoms with Gasteiger partial charge < -0.3 is 4.90 Å². The zero-order valence-electron chi connectivity index (χ0n) is 19.9. The van der Waals surface area contributed by atoms with Crippen molar-refractivity contribution in [2.45, 2.75) is 58.2 Å². The summed E-state index contributed by atoms with van der Waals surface area (Å²) in [6, 6.07) is 7.65. The van der Waals surface area contributed by atoms with Gasteiger partial charge in [-0.2, -0.15) is 0 Å². The van der Waals surface area contributed by atoms with Gasteiger partial charge >= 0.3 is 0 Å². The first kappa shape index (κ1) is 25.4. The summed E-state index contributed by atoms with van der Waals surface area (Å²) in [5.41, 5.74) is 1.28. The lowest BCUT2D eigenvalue weighted by atomic mass is 9.97. The van der Waals surface area contributed by atoms with Crippen LogP contribution in [0.5, 0.6) is 0 Å². The number of halogens is 3. The van der Waals surface area contributed by atoms with Crippen molar-refractivity contribution in [3.63, 3.8) is 0 Å². The largest absolute Gasteiger partial charge is 0.353 e. The Kier molecular flexibility index (Phi) is 8.46. The van der Waals surface area contributed by atoms with E-state index in [9.17, 15) is 9.18 Å². The number of Topliss-reactive ketones (excluding diaryl/α,β-unsaturated/α-hetero) is 1. The van der Waals surface area contributed by atoms with Crippen LogP contribution >= 0.6 is 23.2 Å². The Bertz CT molecular complexity index is 1010. The van der Waals surface area contributed by atoms with Crippen LogP contribution in [0.2, 0.25) is 10.0 Å². The Morgan fingerprint density at radius 2 is 1.88 bits per heavy atom. The Balaban J connectivity index is 1.34. The maximum absolute atomic E-state index is 14.2. The van der Waals surface area contributed by atoms with Gasteiger partial charge in [0.1, 0.15) is 11.6 Å². The number of carbonyl (C=O) groups excluding carboxylic acids is 1. The van der Waals surface area contributed by atoms with E-state index in [0.29, 0.717) is 46.2 Å². The number of likely N-dealkylation sites (tertiary alicyclic amines) is 1. The number of benzene rings is 1. The SMILES string of the molecule is CCC(=O)c1cnc(N2CCN(C3CCN(Cc4ccc(Cl)cc4F)CC3)[C@@H](CC)C2)c(Cl)c1. The zero-order chi connectivity index (χ0) is 24.2. The molecule has 0 spiro atoms. The quantitative estimate of drug-likeness (QED) is 0.451. The van der Waals surface area contributed by atoms with E-state index < -0.39 is 0 Å². The van der Waals surface area contributed by atoms with E-state index in [1.807, 2.05) is 6.92 Å². The molecule has 8 heteroatoms. The standard InChI is InChI=1S/C26H33Cl2FN4O/c1-3-21-17-32(26-23(28)13-19(15-30-26)25(34)4-2)11-12-33(21)22-7-9-31(10-8-22)16-18-5-6-20(27)14-24(18)29/h5-6,13-15,21-22H,3-4,7-12,16-17H2,1-2H3/t21-/m0/s1. The van der Waals surface area contributed by atoms with Crippen LogP contribution in [0, 0.1) is 5.82 Å². The van der Waals surface area contributed by atoms with Crippen LogP contribution < -0.4 is 4.90 Å². The maximum atomic E-state index is 14.2. The molecular weight excluding hydrogens is 474 g/mol. The second kappa shape index (κ2) is 11.3. The van der Waals surface area contributed by atoms with E-state index in [-0.39, 0.29) is 11.6 Å². The third kappa shape index (κ3) is 5.73. The predicted molar refractivity (Wildman–Crippen MR) is 137 cm³/mol. The first-order valence-corrected chi connectivity index (χ1v) is 13.0. The fourth-order valence-corrected chi connectivity index (χ4v) is 5.67. The topological polar surface area (TPSA) is 39.7 Å². The van der Waals surface area contributed by atoms with Crippen molar-refractivity contribution in [1.82, 2.24) is 14.8 Å². The van der Waals surface area contributed by atoms with Gasteiger partial charge in [0.05, 0.1) is 5.02 Å². The van der Waals surface area contributed by atoms with Crippen LogP contribution in [-0.4, -0.2) is 65.4 Å². The molecule has 3 heterocycles. The van der Waals surface area contributed by atoms with Gasteiger partial charge in [0, 0.05) is 67.0 Å². The molecule has 0 saturated carbocycles. The molecule has 0 radical (unpaired) electrons. The third-order valence-electron chi connectivity index (χ3n) is 7.20. The number of ketones is 1. The Hall–Kier alpha value is -1.73. The monoisotopic (exact) mass is 506 g/mol. The lowest BCUT2D eigenvalue weighted by Gasteiger charge is -2.47. The van der Waals surface area contributed by atoms with Crippen molar-refractivity contribution in [1.29, 1.82) is 0 Å². The number of anilines is 1. The van der Waals surface area contributed by atoms with Crippen LogP contribution in [0.4, 0.5) is 10.2 Å². The molecule has 184 valence electrons. The highest BCUT2D eigenvalue weighted by Crippen LogP contribution is 2.30. The number of nitrogens with zero attached hydrogens (tertiary/aromatic N) is 4. The molecule has 34 heavy (non-hydrogen) atoms. The number of piperidine rings is 1. The average Bonchev–Trinajstić information content (AvgIpc) is 2.85. The highest BCUT2D eigenvalue weighted by atomic mass is 35.5. The van der Waals surface area contributed by atoms with Crippen LogP contribution in [0.3, 0.4) is 0 Å². The summed E-state index contributed by atoms with van der Waals surface area (Å²) < 4.78 is 14.2. The fourth-order valence-electron chi connectivity index (χ4n) is 5.23. The molecule has 2 aliphatic heterocycles. The zero-order valence-corrected chi connectivity index (χ0v) is 21.5. The van der Waals surface area contributed by atoms with E-state index in [2.05, 4.69) is 26.6 Å². The Morgan fingerprint density at radius 1 is 1.12 bits per heavy atom. The van der Waals surface area contributed by atoms with Gasteiger partial charge in [0.25, 0.3) is 0 Å². The third-order valence-corrected chi connectivity index (χ3v) is 7.71. The predicted octanol–water partition coefficient (Wildman–Crippen LogP) is 5.69. The number of carbonyl (C=O) groups is 1. The van der Waals surface area contributed by atoms with Crippen molar-refractivity contribution in [2.75, 3.05) is 37.6 Å². The van der Waals surface area contributed by atoms with Crippen molar-refractivity contribution >= 4 is 34.8 Å². The van der Waals surface area contributed by atoms with Crippen LogP contribution in [-0.2, 0) is 6.54 Å². The first-order valence-electron chi connectivity index (χ1n) is 12.2. The molecule has 2 aromatic rings. The molecule has 0 unspecified atom stereocenters. The maximum Gasteiger partial charge on any atom is 0.164 e. The van der Waals surface area contributed by atoms with Crippen molar-refractivity contribution < 1.29 is 9.18 Å². The molecule has 1 aromatic heterocycles. The van der Waals surface area contributed by atoms with Gasteiger partial charge in [-0.1, -0.05) is 43.1 Å². The molecule has 1 aromatic carbocycles. The van der Waals surface area contributed by atoms with E-state index in [4.69, 9.17) is 23.2 Å². The van der Waals surface area contributed by atoms with Crippen molar-refractivity contribution in [3.05, 3.63) is 57.5 Å². The average molecular weight is 507 g/mol. The second-order valence-corrected chi connectivity index (χ2v) is 10.1. The number of piperazine rings is 1. The molecule has 0 bridgehead atoms. The molecule has 5 nitrogen and oxygen atoms in total. The minimum absolute atomic E-state index is 0.0577. The lowest BCUT2D eigenvalue weighted by Crippen LogP contribution is -2.58. The number of hydrogen-bond donors (Lipinski definition) is 0. The molecule has 0 aliphatic carbocycles. The van der Waals surface area contributed by atoms with Gasteiger partial charge in [-0.25, -0.2) is 9.37 Å². The fraction of sp³-hybridized carbons (Fsp3) is 0.538. The van der Waals surface area contributed by atoms with Gasteiger partial charge in [-0.05, 0) is 50.6 Å². The summed E-state index contributed by atoms with van der Waals surface area (Å²) in [7, 11) is 0. The summed E-state index contributed by atoms with van der Waals surface area (Å²) in [6.07, 6.45) is 5.31. The normalized spacial score (nSPS) is 20.6. The van der Waals surface area contributed by atoms with Crippen LogP contribution in [0.15, 0.2) is 30.5 Å². The molecular formula is C26H33Cl2FN4O. The van der Waals surface area contributed by atoms with E-state index in [1.165, 1.54) is 6.07 Å². The molecule has 0 amide bonds.